The summed E-state index contributed by atoms with van der Waals surface area (Å²) in [5, 5.41) is 4.05. The molecule has 0 fully saturated rings. The van der Waals surface area contributed by atoms with E-state index in [0.717, 1.165) is 46.3 Å². The van der Waals surface area contributed by atoms with Crippen molar-refractivity contribution >= 4 is 62.1 Å². The minimum Gasteiger partial charge on any atom is -0.325 e. The summed E-state index contributed by atoms with van der Waals surface area (Å²) >= 11 is 4.95. The van der Waals surface area contributed by atoms with E-state index < -0.39 is 0 Å². The predicted molar refractivity (Wildman–Crippen MR) is 97.8 cm³/mol. The number of carbonyl (C=O) groups is 1. The summed E-state index contributed by atoms with van der Waals surface area (Å²) in [6.07, 6.45) is 0. The molecule has 0 saturated carbocycles. The van der Waals surface area contributed by atoms with Gasteiger partial charge in [-0.25, -0.2) is 0 Å². The van der Waals surface area contributed by atoms with Crippen LogP contribution in [-0.2, 0) is 4.79 Å². The van der Waals surface area contributed by atoms with Crippen molar-refractivity contribution in [3.63, 3.8) is 0 Å². The van der Waals surface area contributed by atoms with E-state index in [2.05, 4.69) is 26.3 Å². The van der Waals surface area contributed by atoms with Crippen LogP contribution in [0.2, 0.25) is 0 Å². The van der Waals surface area contributed by atoms with Gasteiger partial charge >= 0.3 is 0 Å². The van der Waals surface area contributed by atoms with Crippen molar-refractivity contribution in [1.82, 2.24) is 0 Å². The molecule has 0 aliphatic carbocycles. The zero-order chi connectivity index (χ0) is 14.9. The number of aliphatic imine (C=N–C) groups is 2. The topological polar surface area (TPSA) is 57.1 Å². The van der Waals surface area contributed by atoms with Gasteiger partial charge in [0.25, 0.3) is 0 Å². The maximum absolute atomic E-state index is 12.1. The molecule has 3 aliphatic rings. The molecule has 0 saturated heterocycles. The van der Waals surface area contributed by atoms with Gasteiger partial charge in [-0.1, -0.05) is 23.5 Å². The number of hydrogen-bond donors (Lipinski definition) is 1. The van der Waals surface area contributed by atoms with Crippen LogP contribution in [0.25, 0.3) is 0 Å². The van der Waals surface area contributed by atoms with Gasteiger partial charge in [0.05, 0.1) is 24.5 Å². The summed E-state index contributed by atoms with van der Waals surface area (Å²) in [4.78, 5) is 24.3. The van der Waals surface area contributed by atoms with Crippen LogP contribution in [0, 0.1) is 0 Å². The zero-order valence-corrected chi connectivity index (χ0v) is 14.2. The van der Waals surface area contributed by atoms with E-state index in [1.165, 1.54) is 16.7 Å². The number of hydrogen-bond acceptors (Lipinski definition) is 7. The van der Waals surface area contributed by atoms with Gasteiger partial charge in [-0.05, 0) is 30.0 Å². The molecule has 1 aromatic rings. The molecule has 5 nitrogen and oxygen atoms in total. The second-order valence-electron chi connectivity index (χ2n) is 4.93. The molecule has 114 valence electrons. The molecular formula is C14H14N4OS3. The lowest BCUT2D eigenvalue weighted by molar-refractivity contribution is -0.113. The average Bonchev–Trinajstić information content (AvgIpc) is 3.22. The second kappa shape index (κ2) is 6.17. The molecule has 3 aliphatic heterocycles. The van der Waals surface area contributed by atoms with E-state index in [9.17, 15) is 4.79 Å². The Morgan fingerprint density at radius 1 is 1.36 bits per heavy atom. The molecule has 0 radical (unpaired) electrons. The smallest absolute Gasteiger partial charge is 0.234 e. The number of amidine groups is 1. The minimum atomic E-state index is 0.0149. The van der Waals surface area contributed by atoms with Gasteiger partial charge in [-0.3, -0.25) is 14.8 Å². The first kappa shape index (κ1) is 14.5. The van der Waals surface area contributed by atoms with Crippen molar-refractivity contribution < 1.29 is 4.79 Å². The number of benzene rings is 1. The first-order valence-corrected chi connectivity index (χ1v) is 9.82. The maximum atomic E-state index is 12.1. The summed E-state index contributed by atoms with van der Waals surface area (Å²) in [7, 11) is 0. The highest BCUT2D eigenvalue weighted by atomic mass is 32.2. The number of carbonyl (C=O) groups excluding carboxylic acids is 1. The number of amides is 1. The van der Waals surface area contributed by atoms with E-state index in [4.69, 9.17) is 0 Å². The van der Waals surface area contributed by atoms with E-state index in [1.807, 2.05) is 12.1 Å². The molecule has 3 heterocycles. The SMILES string of the molecule is O=C(CSC1=NCCS1)Nc1ccc2c(c1)N1CCN=C1S2. The molecule has 0 aromatic heterocycles. The van der Waals surface area contributed by atoms with Crippen LogP contribution in [0.4, 0.5) is 11.4 Å². The van der Waals surface area contributed by atoms with Gasteiger partial charge in [0, 0.05) is 22.9 Å². The highest BCUT2D eigenvalue weighted by molar-refractivity contribution is 8.39. The number of anilines is 2. The normalized spacial score (nSPS) is 18.8. The van der Waals surface area contributed by atoms with Crippen molar-refractivity contribution in [2.75, 3.05) is 41.4 Å². The Morgan fingerprint density at radius 3 is 3.18 bits per heavy atom. The van der Waals surface area contributed by atoms with Crippen molar-refractivity contribution in [2.24, 2.45) is 9.98 Å². The lowest BCUT2D eigenvalue weighted by Gasteiger charge is -2.13. The van der Waals surface area contributed by atoms with Crippen molar-refractivity contribution in [1.29, 1.82) is 0 Å². The average molecular weight is 350 g/mol. The fourth-order valence-corrected chi connectivity index (χ4v) is 5.33. The lowest BCUT2D eigenvalue weighted by Crippen LogP contribution is -2.21. The summed E-state index contributed by atoms with van der Waals surface area (Å²) in [5.74, 6) is 1.46. The zero-order valence-electron chi connectivity index (χ0n) is 11.7. The summed E-state index contributed by atoms with van der Waals surface area (Å²) in [5.41, 5.74) is 2.00. The number of thioether (sulfide) groups is 3. The highest BCUT2D eigenvalue weighted by Gasteiger charge is 2.29. The van der Waals surface area contributed by atoms with E-state index in [-0.39, 0.29) is 5.91 Å². The lowest BCUT2D eigenvalue weighted by atomic mass is 10.2. The molecule has 22 heavy (non-hydrogen) atoms. The molecule has 0 atom stereocenters. The van der Waals surface area contributed by atoms with Gasteiger partial charge in [0.15, 0.2) is 5.17 Å². The van der Waals surface area contributed by atoms with Gasteiger partial charge in [-0.2, -0.15) is 0 Å². The van der Waals surface area contributed by atoms with Crippen molar-refractivity contribution in [3.8, 4) is 0 Å². The van der Waals surface area contributed by atoms with Crippen molar-refractivity contribution in [2.45, 2.75) is 4.90 Å². The number of fused-ring (bicyclic) bond motifs is 3. The van der Waals surface area contributed by atoms with Gasteiger partial charge in [0.1, 0.15) is 4.38 Å². The number of nitrogens with zero attached hydrogens (tertiary/aromatic N) is 3. The van der Waals surface area contributed by atoms with Gasteiger partial charge < -0.3 is 10.2 Å². The largest absolute Gasteiger partial charge is 0.325 e. The minimum absolute atomic E-state index is 0.0149. The van der Waals surface area contributed by atoms with E-state index >= 15 is 0 Å². The predicted octanol–water partition coefficient (Wildman–Crippen LogP) is 2.74. The Balaban J connectivity index is 1.40. The number of rotatable bonds is 3. The van der Waals surface area contributed by atoms with Crippen LogP contribution in [0.15, 0.2) is 33.1 Å². The van der Waals surface area contributed by atoms with Crippen LogP contribution < -0.4 is 10.2 Å². The third-order valence-electron chi connectivity index (χ3n) is 3.42. The first-order chi connectivity index (χ1) is 10.8. The number of nitrogens with one attached hydrogen (secondary N) is 1. The van der Waals surface area contributed by atoms with Gasteiger partial charge in [0.2, 0.25) is 5.91 Å². The fraction of sp³-hybridized carbons (Fsp3) is 0.357. The van der Waals surface area contributed by atoms with Crippen LogP contribution >= 0.6 is 35.3 Å². The Labute approximate surface area is 141 Å². The third-order valence-corrected chi connectivity index (χ3v) is 6.77. The first-order valence-electron chi connectivity index (χ1n) is 7.03. The molecule has 0 spiro atoms. The third kappa shape index (κ3) is 2.87. The van der Waals surface area contributed by atoms with Crippen LogP contribution in [0.1, 0.15) is 0 Å². The molecule has 0 unspecified atom stereocenters. The summed E-state index contributed by atoms with van der Waals surface area (Å²) in [6.45, 7) is 2.66. The maximum Gasteiger partial charge on any atom is 0.234 e. The molecule has 0 bridgehead atoms. The monoisotopic (exact) mass is 350 g/mol. The Bertz CT molecular complexity index is 689. The fourth-order valence-electron chi connectivity index (χ4n) is 2.46. The molecule has 1 aromatic carbocycles. The van der Waals surface area contributed by atoms with Gasteiger partial charge in [-0.15, -0.1) is 0 Å². The van der Waals surface area contributed by atoms with Crippen LogP contribution in [0.5, 0.6) is 0 Å². The molecule has 1 amide bonds. The van der Waals surface area contributed by atoms with E-state index in [1.54, 1.807) is 23.5 Å². The Kier molecular flexibility index (Phi) is 4.06. The van der Waals surface area contributed by atoms with Crippen LogP contribution in [-0.4, -0.2) is 46.6 Å². The summed E-state index contributed by atoms with van der Waals surface area (Å²) in [6, 6.07) is 6.06. The molecule has 8 heteroatoms. The summed E-state index contributed by atoms with van der Waals surface area (Å²) < 4.78 is 1.03. The Morgan fingerprint density at radius 2 is 2.32 bits per heavy atom. The van der Waals surface area contributed by atoms with Crippen LogP contribution in [0.3, 0.4) is 0 Å². The molecule has 4 rings (SSSR count). The standard InChI is InChI=1S/C14H14N4OS3/c19-12(8-21-14-16-4-6-20-14)17-9-1-2-11-10(7-9)18-5-3-15-13(18)22-11/h1-2,7H,3-6,8H2,(H,17,19). The molecule has 1 N–H and O–H groups in total. The quantitative estimate of drug-likeness (QED) is 0.908. The highest BCUT2D eigenvalue weighted by Crippen LogP contribution is 2.43. The second-order valence-corrected chi connectivity index (χ2v) is 8.25. The van der Waals surface area contributed by atoms with E-state index in [0.29, 0.717) is 5.75 Å². The molecular weight excluding hydrogens is 336 g/mol. The Hall–Kier alpha value is -1.12. The van der Waals surface area contributed by atoms with Crippen molar-refractivity contribution in [3.05, 3.63) is 18.2 Å².